The molecule has 0 amide bonds. The van der Waals surface area contributed by atoms with Crippen LogP contribution in [-0.4, -0.2) is 26.2 Å². The molecular weight excluding hydrogens is 328 g/mol. The average Bonchev–Trinajstić information content (AvgIpc) is 3.20. The van der Waals surface area contributed by atoms with E-state index in [-0.39, 0.29) is 0 Å². The normalized spacial score (nSPS) is 14.5. The third-order valence-corrected chi connectivity index (χ3v) is 5.06. The minimum atomic E-state index is -0.922. The fraction of sp³-hybridized carbons (Fsp3) is 0.231. The standard InChI is InChI=1S/C13H9F2N5S2/c14-8-3-7-10(4-9(8)15)16-5-17-11(7)21-13-20-19-12(22-13)18-6-1-2-6/h3-6H,1-2H2,(H,18,19). The first-order chi connectivity index (χ1) is 10.7. The molecule has 1 aromatic carbocycles. The fourth-order valence-electron chi connectivity index (χ4n) is 1.90. The van der Waals surface area contributed by atoms with E-state index in [1.165, 1.54) is 29.4 Å². The van der Waals surface area contributed by atoms with Crippen molar-refractivity contribution in [3.63, 3.8) is 0 Å². The molecule has 0 unspecified atom stereocenters. The first kappa shape index (κ1) is 13.8. The number of benzene rings is 1. The lowest BCUT2D eigenvalue weighted by Crippen LogP contribution is -1.99. The second-order valence-electron chi connectivity index (χ2n) is 4.86. The van der Waals surface area contributed by atoms with E-state index in [2.05, 4.69) is 25.5 Å². The van der Waals surface area contributed by atoms with Gasteiger partial charge in [-0.2, -0.15) is 0 Å². The summed E-state index contributed by atoms with van der Waals surface area (Å²) in [6.07, 6.45) is 3.64. The quantitative estimate of drug-likeness (QED) is 0.735. The van der Waals surface area contributed by atoms with Crippen molar-refractivity contribution in [2.45, 2.75) is 28.2 Å². The number of aromatic nitrogens is 4. The molecule has 5 nitrogen and oxygen atoms in total. The molecule has 0 aliphatic heterocycles. The van der Waals surface area contributed by atoms with Gasteiger partial charge >= 0.3 is 0 Å². The molecule has 1 saturated carbocycles. The van der Waals surface area contributed by atoms with Crippen molar-refractivity contribution in [2.24, 2.45) is 0 Å². The number of nitrogens with one attached hydrogen (secondary N) is 1. The zero-order valence-electron chi connectivity index (χ0n) is 11.1. The van der Waals surface area contributed by atoms with Gasteiger partial charge in [0.1, 0.15) is 11.4 Å². The Labute approximate surface area is 132 Å². The molecule has 22 heavy (non-hydrogen) atoms. The van der Waals surface area contributed by atoms with Crippen LogP contribution in [0.25, 0.3) is 10.9 Å². The van der Waals surface area contributed by atoms with Gasteiger partial charge in [-0.1, -0.05) is 11.3 Å². The lowest BCUT2D eigenvalue weighted by Gasteiger charge is -2.03. The number of hydrogen-bond donors (Lipinski definition) is 1. The summed E-state index contributed by atoms with van der Waals surface area (Å²) in [6.45, 7) is 0. The number of anilines is 1. The van der Waals surface area contributed by atoms with Crippen molar-refractivity contribution in [1.29, 1.82) is 0 Å². The van der Waals surface area contributed by atoms with Crippen molar-refractivity contribution in [1.82, 2.24) is 20.2 Å². The van der Waals surface area contributed by atoms with Crippen LogP contribution in [0.2, 0.25) is 0 Å². The number of rotatable bonds is 4. The highest BCUT2D eigenvalue weighted by atomic mass is 32.2. The van der Waals surface area contributed by atoms with E-state index in [9.17, 15) is 8.78 Å². The second kappa shape index (κ2) is 5.40. The summed E-state index contributed by atoms with van der Waals surface area (Å²) in [5.74, 6) is -1.84. The molecule has 1 aliphatic rings. The maximum atomic E-state index is 13.4. The maximum Gasteiger partial charge on any atom is 0.206 e. The summed E-state index contributed by atoms with van der Waals surface area (Å²) in [6, 6.07) is 2.68. The maximum absolute atomic E-state index is 13.4. The second-order valence-corrected chi connectivity index (χ2v) is 7.07. The first-order valence-electron chi connectivity index (χ1n) is 6.57. The number of halogens is 2. The molecule has 9 heteroatoms. The Balaban J connectivity index is 1.65. The summed E-state index contributed by atoms with van der Waals surface area (Å²) in [5.41, 5.74) is 0.359. The van der Waals surface area contributed by atoms with E-state index in [1.54, 1.807) is 0 Å². The molecule has 2 aromatic heterocycles. The van der Waals surface area contributed by atoms with Crippen LogP contribution < -0.4 is 5.32 Å². The Kier molecular flexibility index (Phi) is 3.38. The van der Waals surface area contributed by atoms with Crippen LogP contribution in [0.5, 0.6) is 0 Å². The van der Waals surface area contributed by atoms with Gasteiger partial charge in [-0.25, -0.2) is 18.7 Å². The third-order valence-electron chi connectivity index (χ3n) is 3.14. The highest BCUT2D eigenvalue weighted by molar-refractivity contribution is 8.01. The molecule has 2 heterocycles. The van der Waals surface area contributed by atoms with E-state index in [0.29, 0.717) is 26.3 Å². The lowest BCUT2D eigenvalue weighted by atomic mass is 10.2. The molecule has 4 rings (SSSR count). The molecular formula is C13H9F2N5S2. The van der Waals surface area contributed by atoms with Gasteiger partial charge < -0.3 is 5.32 Å². The van der Waals surface area contributed by atoms with Crippen LogP contribution in [-0.2, 0) is 0 Å². The van der Waals surface area contributed by atoms with Crippen molar-refractivity contribution in [3.8, 4) is 0 Å². The van der Waals surface area contributed by atoms with Crippen LogP contribution in [0.4, 0.5) is 13.9 Å². The highest BCUT2D eigenvalue weighted by Gasteiger charge is 2.22. The smallest absolute Gasteiger partial charge is 0.206 e. The van der Waals surface area contributed by atoms with Gasteiger partial charge in [-0.3, -0.25) is 0 Å². The Hall–Kier alpha value is -1.87. The molecule has 112 valence electrons. The van der Waals surface area contributed by atoms with E-state index in [0.717, 1.165) is 30.1 Å². The molecule has 0 bridgehead atoms. The predicted molar refractivity (Wildman–Crippen MR) is 80.1 cm³/mol. The van der Waals surface area contributed by atoms with Crippen molar-refractivity contribution >= 4 is 39.1 Å². The van der Waals surface area contributed by atoms with E-state index in [4.69, 9.17) is 0 Å². The van der Waals surface area contributed by atoms with Crippen molar-refractivity contribution in [3.05, 3.63) is 30.1 Å². The van der Waals surface area contributed by atoms with E-state index >= 15 is 0 Å². The minimum Gasteiger partial charge on any atom is -0.357 e. The van der Waals surface area contributed by atoms with Crippen LogP contribution in [0.3, 0.4) is 0 Å². The summed E-state index contributed by atoms with van der Waals surface area (Å²) in [4.78, 5) is 8.10. The highest BCUT2D eigenvalue weighted by Crippen LogP contribution is 2.36. The van der Waals surface area contributed by atoms with Gasteiger partial charge in [0, 0.05) is 17.5 Å². The van der Waals surface area contributed by atoms with Crippen molar-refractivity contribution in [2.75, 3.05) is 5.32 Å². The monoisotopic (exact) mass is 337 g/mol. The van der Waals surface area contributed by atoms with E-state index in [1.807, 2.05) is 0 Å². The summed E-state index contributed by atoms with van der Waals surface area (Å²) in [7, 11) is 0. The van der Waals surface area contributed by atoms with Crippen LogP contribution in [0, 0.1) is 11.6 Å². The zero-order valence-corrected chi connectivity index (χ0v) is 12.7. The molecule has 3 aromatic rings. The summed E-state index contributed by atoms with van der Waals surface area (Å²) < 4.78 is 27.4. The molecule has 0 radical (unpaired) electrons. The molecule has 1 N–H and O–H groups in total. The van der Waals surface area contributed by atoms with Gasteiger partial charge in [0.05, 0.1) is 5.52 Å². The molecule has 0 spiro atoms. The van der Waals surface area contributed by atoms with Gasteiger partial charge in [0.15, 0.2) is 16.0 Å². The SMILES string of the molecule is Fc1cc2ncnc(Sc3nnc(NC4CC4)s3)c2cc1F. The topological polar surface area (TPSA) is 63.6 Å². The molecule has 0 saturated heterocycles. The largest absolute Gasteiger partial charge is 0.357 e. The Morgan fingerprint density at radius 1 is 1.14 bits per heavy atom. The molecule has 1 aliphatic carbocycles. The summed E-state index contributed by atoms with van der Waals surface area (Å²) in [5, 5.41) is 13.2. The predicted octanol–water partition coefficient (Wildman–Crippen LogP) is 3.49. The minimum absolute atomic E-state index is 0.359. The fourth-order valence-corrected chi connectivity index (χ4v) is 3.72. The Morgan fingerprint density at radius 3 is 2.77 bits per heavy atom. The van der Waals surface area contributed by atoms with Gasteiger partial charge in [0.25, 0.3) is 0 Å². The first-order valence-corrected chi connectivity index (χ1v) is 8.20. The van der Waals surface area contributed by atoms with E-state index < -0.39 is 11.6 Å². The summed E-state index contributed by atoms with van der Waals surface area (Å²) >= 11 is 2.68. The zero-order chi connectivity index (χ0) is 15.1. The van der Waals surface area contributed by atoms with Gasteiger partial charge in [-0.05, 0) is 30.7 Å². The van der Waals surface area contributed by atoms with Crippen LogP contribution in [0.15, 0.2) is 27.8 Å². The Morgan fingerprint density at radius 2 is 1.95 bits per heavy atom. The lowest BCUT2D eigenvalue weighted by molar-refractivity contribution is 0.510. The number of hydrogen-bond acceptors (Lipinski definition) is 7. The molecule has 1 fully saturated rings. The van der Waals surface area contributed by atoms with Crippen LogP contribution >= 0.6 is 23.1 Å². The van der Waals surface area contributed by atoms with Crippen LogP contribution in [0.1, 0.15) is 12.8 Å². The van der Waals surface area contributed by atoms with Crippen molar-refractivity contribution < 1.29 is 8.78 Å². The van der Waals surface area contributed by atoms with Gasteiger partial charge in [-0.15, -0.1) is 10.2 Å². The Bertz CT molecular complexity index is 850. The average molecular weight is 337 g/mol. The third kappa shape index (κ3) is 2.73. The number of fused-ring (bicyclic) bond motifs is 1. The van der Waals surface area contributed by atoms with Gasteiger partial charge in [0.2, 0.25) is 5.13 Å². The number of nitrogens with zero attached hydrogens (tertiary/aromatic N) is 4. The molecule has 0 atom stereocenters.